The van der Waals surface area contributed by atoms with Crippen LogP contribution in [0.1, 0.15) is 27.2 Å². The number of fused-ring (bicyclic) bond motifs is 3. The predicted octanol–water partition coefficient (Wildman–Crippen LogP) is 2.22. The second-order valence-corrected chi connectivity index (χ2v) is 8.01. The number of carbonyl (C=O) groups excluding carboxylic acids is 1. The summed E-state index contributed by atoms with van der Waals surface area (Å²) in [6.07, 6.45) is 5.27. The summed E-state index contributed by atoms with van der Waals surface area (Å²) in [5, 5.41) is 4.43. The topological polar surface area (TPSA) is 82.4 Å². The predicted molar refractivity (Wildman–Crippen MR) is 114 cm³/mol. The number of aromatic nitrogens is 4. The van der Waals surface area contributed by atoms with Gasteiger partial charge < -0.3 is 14.4 Å². The van der Waals surface area contributed by atoms with Gasteiger partial charge in [0.1, 0.15) is 0 Å². The molecule has 0 bridgehead atoms. The zero-order chi connectivity index (χ0) is 21.4. The Morgan fingerprint density at radius 1 is 1.19 bits per heavy atom. The van der Waals surface area contributed by atoms with E-state index in [1.54, 1.807) is 22.8 Å². The molecule has 1 aliphatic carbocycles. The maximum absolute atomic E-state index is 13.0. The number of rotatable bonds is 4. The zero-order valence-electron chi connectivity index (χ0n) is 17.7. The molecule has 8 nitrogen and oxygen atoms in total. The molecule has 31 heavy (non-hydrogen) atoms. The van der Waals surface area contributed by atoms with E-state index in [1.165, 1.54) is 5.56 Å². The molecule has 160 valence electrons. The highest BCUT2D eigenvalue weighted by atomic mass is 16.6. The maximum atomic E-state index is 13.0. The van der Waals surface area contributed by atoms with Gasteiger partial charge in [-0.1, -0.05) is 24.3 Å². The van der Waals surface area contributed by atoms with Crippen LogP contribution >= 0.6 is 0 Å². The number of nitrogens with zero attached hydrogens (tertiary/aromatic N) is 5. The number of hydrogen-bond acceptors (Lipinski definition) is 6. The molecule has 0 spiro atoms. The molecule has 0 radical (unpaired) electrons. The summed E-state index contributed by atoms with van der Waals surface area (Å²) in [7, 11) is 1.77. The monoisotopic (exact) mass is 419 g/mol. The maximum Gasteiger partial charge on any atom is 0.257 e. The van der Waals surface area contributed by atoms with Gasteiger partial charge in [-0.2, -0.15) is 5.10 Å². The first-order valence-corrected chi connectivity index (χ1v) is 10.6. The molecule has 8 heteroatoms. The van der Waals surface area contributed by atoms with E-state index in [-0.39, 0.29) is 12.0 Å². The molecule has 1 fully saturated rings. The zero-order valence-corrected chi connectivity index (χ0v) is 17.7. The Morgan fingerprint density at radius 3 is 2.87 bits per heavy atom. The molecule has 1 atom stereocenters. The lowest BCUT2D eigenvalue weighted by atomic mass is 9.90. The van der Waals surface area contributed by atoms with Gasteiger partial charge >= 0.3 is 0 Å². The van der Waals surface area contributed by atoms with Gasteiger partial charge in [0.2, 0.25) is 0 Å². The third-order valence-electron chi connectivity index (χ3n) is 5.93. The molecule has 1 amide bonds. The molecule has 2 aromatic heterocycles. The molecule has 0 saturated carbocycles. The summed E-state index contributed by atoms with van der Waals surface area (Å²) in [6.45, 7) is 3.99. The third-order valence-corrected chi connectivity index (χ3v) is 5.93. The first-order chi connectivity index (χ1) is 15.1. The Morgan fingerprint density at radius 2 is 2.03 bits per heavy atom. The van der Waals surface area contributed by atoms with Crippen LogP contribution in [0.15, 0.2) is 36.7 Å². The van der Waals surface area contributed by atoms with E-state index in [9.17, 15) is 4.79 Å². The van der Waals surface area contributed by atoms with Gasteiger partial charge in [0.15, 0.2) is 0 Å². The molecule has 1 unspecified atom stereocenters. The van der Waals surface area contributed by atoms with Gasteiger partial charge in [0, 0.05) is 25.4 Å². The molecular formula is C23H25N5O3. The van der Waals surface area contributed by atoms with Crippen LogP contribution in [-0.2, 0) is 22.3 Å². The summed E-state index contributed by atoms with van der Waals surface area (Å²) < 4.78 is 12.7. The lowest BCUT2D eigenvalue weighted by molar-refractivity contribution is -0.0933. The minimum absolute atomic E-state index is 0.109. The average molecular weight is 419 g/mol. The molecule has 1 aliphatic heterocycles. The fourth-order valence-electron chi connectivity index (χ4n) is 4.21. The number of benzene rings is 1. The van der Waals surface area contributed by atoms with Crippen molar-refractivity contribution in [1.29, 1.82) is 0 Å². The fourth-order valence-corrected chi connectivity index (χ4v) is 4.21. The first kappa shape index (κ1) is 19.8. The van der Waals surface area contributed by atoms with Crippen molar-refractivity contribution < 1.29 is 14.3 Å². The van der Waals surface area contributed by atoms with E-state index in [0.29, 0.717) is 43.6 Å². The second-order valence-electron chi connectivity index (χ2n) is 8.01. The normalized spacial score (nSPS) is 17.7. The van der Waals surface area contributed by atoms with Gasteiger partial charge in [-0.3, -0.25) is 4.79 Å². The Bertz CT molecular complexity index is 1120. The van der Waals surface area contributed by atoms with E-state index in [4.69, 9.17) is 14.5 Å². The van der Waals surface area contributed by atoms with Crippen LogP contribution in [0.3, 0.4) is 0 Å². The quantitative estimate of drug-likeness (QED) is 0.645. The highest BCUT2D eigenvalue weighted by Crippen LogP contribution is 2.31. The summed E-state index contributed by atoms with van der Waals surface area (Å²) >= 11 is 0. The Kier molecular flexibility index (Phi) is 5.25. The minimum Gasteiger partial charge on any atom is -0.376 e. The van der Waals surface area contributed by atoms with Crippen molar-refractivity contribution in [2.24, 2.45) is 0 Å². The number of hydrogen-bond donors (Lipinski definition) is 0. The first-order valence-electron chi connectivity index (χ1n) is 10.6. The lowest BCUT2D eigenvalue weighted by Crippen LogP contribution is -2.40. The third kappa shape index (κ3) is 3.73. The summed E-state index contributed by atoms with van der Waals surface area (Å²) in [4.78, 5) is 24.0. The van der Waals surface area contributed by atoms with E-state index < -0.39 is 0 Å². The number of carbonyl (C=O) groups is 1. The van der Waals surface area contributed by atoms with Crippen LogP contribution in [0, 0.1) is 6.92 Å². The molecule has 0 N–H and O–H groups in total. The van der Waals surface area contributed by atoms with E-state index in [1.807, 2.05) is 19.2 Å². The molecule has 3 aromatic rings. The largest absolute Gasteiger partial charge is 0.376 e. The average Bonchev–Trinajstić information content (AvgIpc) is 3.20. The summed E-state index contributed by atoms with van der Waals surface area (Å²) in [6, 6.07) is 8.33. The van der Waals surface area contributed by atoms with Crippen molar-refractivity contribution in [3.05, 3.63) is 59.0 Å². The molecule has 2 aliphatic rings. The number of ether oxygens (including phenoxy) is 2. The highest BCUT2D eigenvalue weighted by molar-refractivity contribution is 5.95. The Hall–Kier alpha value is -3.10. The van der Waals surface area contributed by atoms with Gasteiger partial charge in [-0.25, -0.2) is 14.6 Å². The molecule has 5 rings (SSSR count). The van der Waals surface area contributed by atoms with E-state index in [2.05, 4.69) is 28.3 Å². The van der Waals surface area contributed by atoms with Crippen molar-refractivity contribution in [1.82, 2.24) is 24.6 Å². The van der Waals surface area contributed by atoms with Crippen LogP contribution in [-0.4, -0.2) is 70.1 Å². The standard InChI is InChI=1S/C23H25N5O3/c1-15-20(22(29)27(2)13-18-14-30-9-10-31-18)12-25-28(15)23-24-11-17-8-7-16-5-3-4-6-19(16)21(17)26-23/h3-6,11-12,18H,7-10,13-14H2,1-2H3. The fraction of sp³-hybridized carbons (Fsp3) is 0.391. The smallest absolute Gasteiger partial charge is 0.257 e. The van der Waals surface area contributed by atoms with E-state index in [0.717, 1.165) is 29.7 Å². The Labute approximate surface area is 180 Å². The van der Waals surface area contributed by atoms with Crippen LogP contribution in [0.4, 0.5) is 0 Å². The van der Waals surface area contributed by atoms with Gasteiger partial charge in [-0.15, -0.1) is 0 Å². The molecule has 3 heterocycles. The number of amides is 1. The molecular weight excluding hydrogens is 394 g/mol. The van der Waals surface area contributed by atoms with Gasteiger partial charge in [0.05, 0.1) is 49.1 Å². The summed E-state index contributed by atoms with van der Waals surface area (Å²) in [5.41, 5.74) is 5.76. The van der Waals surface area contributed by atoms with Crippen molar-refractivity contribution in [3.8, 4) is 17.2 Å². The Balaban J connectivity index is 1.41. The SMILES string of the molecule is Cc1c(C(=O)N(C)CC2COCCO2)cnn1-c1ncc2c(n1)-c1ccccc1CC2. The van der Waals surface area contributed by atoms with Crippen molar-refractivity contribution >= 4 is 5.91 Å². The van der Waals surface area contributed by atoms with Crippen LogP contribution < -0.4 is 0 Å². The van der Waals surface area contributed by atoms with Crippen LogP contribution in [0.2, 0.25) is 0 Å². The molecule has 1 aromatic carbocycles. The highest BCUT2D eigenvalue weighted by Gasteiger charge is 2.24. The minimum atomic E-state index is -0.110. The van der Waals surface area contributed by atoms with Gasteiger partial charge in [0.25, 0.3) is 11.9 Å². The second kappa shape index (κ2) is 8.20. The van der Waals surface area contributed by atoms with Gasteiger partial charge in [-0.05, 0) is 30.9 Å². The van der Waals surface area contributed by atoms with Crippen LogP contribution in [0.25, 0.3) is 17.2 Å². The number of aryl methyl sites for hydroxylation is 2. The van der Waals surface area contributed by atoms with Crippen LogP contribution in [0.5, 0.6) is 0 Å². The van der Waals surface area contributed by atoms with Crippen molar-refractivity contribution in [3.63, 3.8) is 0 Å². The lowest BCUT2D eigenvalue weighted by Gasteiger charge is -2.27. The van der Waals surface area contributed by atoms with Crippen molar-refractivity contribution in [2.45, 2.75) is 25.9 Å². The number of likely N-dealkylation sites (N-methyl/N-ethyl adjacent to an activating group) is 1. The van der Waals surface area contributed by atoms with Crippen molar-refractivity contribution in [2.75, 3.05) is 33.4 Å². The summed E-state index contributed by atoms with van der Waals surface area (Å²) in [5.74, 6) is 0.361. The van der Waals surface area contributed by atoms with E-state index >= 15 is 0 Å². The molecule has 1 saturated heterocycles.